The maximum Gasteiger partial charge on any atom is 0.497 e. The second-order valence-electron chi connectivity index (χ2n) is 10.7. The van der Waals surface area contributed by atoms with E-state index in [-0.39, 0.29) is 11.6 Å². The molecule has 3 aliphatic rings. The van der Waals surface area contributed by atoms with Gasteiger partial charge in [0.2, 0.25) is 5.91 Å². The van der Waals surface area contributed by atoms with Gasteiger partial charge < -0.3 is 14.6 Å². The van der Waals surface area contributed by atoms with Crippen LogP contribution in [0.25, 0.3) is 16.9 Å². The van der Waals surface area contributed by atoms with Crippen LogP contribution in [-0.4, -0.2) is 34.0 Å². The SMILES string of the molecule is CC1(C)OB(c2cc(-c3ccnn3-c3ccc(F)cc3F)cc3c2NC(=O)C32CCC2)OC1(C)C. The van der Waals surface area contributed by atoms with Gasteiger partial charge in [0.1, 0.15) is 11.5 Å². The van der Waals surface area contributed by atoms with Crippen molar-refractivity contribution in [3.05, 3.63) is 59.8 Å². The smallest absolute Gasteiger partial charge is 0.399 e. The summed E-state index contributed by atoms with van der Waals surface area (Å²) in [5.41, 5.74) is 2.17. The largest absolute Gasteiger partial charge is 0.497 e. The third-order valence-electron chi connectivity index (χ3n) is 8.15. The molecule has 2 aliphatic heterocycles. The van der Waals surface area contributed by atoms with E-state index in [1.54, 1.807) is 12.3 Å². The molecule has 2 fully saturated rings. The van der Waals surface area contributed by atoms with Crippen molar-refractivity contribution >= 4 is 24.2 Å². The monoisotopic (exact) mass is 477 g/mol. The molecule has 180 valence electrons. The predicted molar refractivity (Wildman–Crippen MR) is 129 cm³/mol. The summed E-state index contributed by atoms with van der Waals surface area (Å²) in [6, 6.07) is 9.07. The fourth-order valence-electron chi connectivity index (χ4n) is 5.23. The highest BCUT2D eigenvalue weighted by atomic mass is 19.1. The molecular weight excluding hydrogens is 451 g/mol. The van der Waals surface area contributed by atoms with Crippen molar-refractivity contribution in [3.8, 4) is 16.9 Å². The van der Waals surface area contributed by atoms with Crippen LogP contribution in [0, 0.1) is 11.6 Å². The first-order chi connectivity index (χ1) is 16.5. The average Bonchev–Trinajstić information content (AvgIpc) is 3.39. The molecule has 1 spiro atoms. The molecule has 3 aromatic rings. The third-order valence-corrected chi connectivity index (χ3v) is 8.15. The van der Waals surface area contributed by atoms with E-state index >= 15 is 0 Å². The first kappa shape index (κ1) is 22.4. The molecule has 6 rings (SSSR count). The molecule has 1 saturated carbocycles. The van der Waals surface area contributed by atoms with Gasteiger partial charge in [-0.05, 0) is 70.4 Å². The normalized spacial score (nSPS) is 21.2. The van der Waals surface area contributed by atoms with E-state index in [0.717, 1.165) is 47.6 Å². The highest BCUT2D eigenvalue weighted by molar-refractivity contribution is 6.64. The van der Waals surface area contributed by atoms with Gasteiger partial charge in [-0.1, -0.05) is 12.5 Å². The molecule has 1 amide bonds. The molecule has 2 aromatic carbocycles. The van der Waals surface area contributed by atoms with Crippen molar-refractivity contribution < 1.29 is 22.9 Å². The van der Waals surface area contributed by atoms with E-state index in [1.165, 1.54) is 16.8 Å². The molecule has 35 heavy (non-hydrogen) atoms. The number of carbonyl (C=O) groups excluding carboxylic acids is 1. The van der Waals surface area contributed by atoms with E-state index in [9.17, 15) is 13.6 Å². The van der Waals surface area contributed by atoms with Crippen LogP contribution < -0.4 is 10.8 Å². The number of benzene rings is 2. The van der Waals surface area contributed by atoms with Crippen LogP contribution in [-0.2, 0) is 19.5 Å². The Labute approximate surface area is 202 Å². The Balaban J connectivity index is 1.54. The molecule has 0 radical (unpaired) electrons. The van der Waals surface area contributed by atoms with Crippen molar-refractivity contribution in [2.45, 2.75) is 63.6 Å². The maximum absolute atomic E-state index is 14.7. The van der Waals surface area contributed by atoms with Gasteiger partial charge in [-0.2, -0.15) is 5.10 Å². The highest BCUT2D eigenvalue weighted by Gasteiger charge is 2.56. The zero-order valence-corrected chi connectivity index (χ0v) is 20.1. The standard InChI is InChI=1S/C26H26BF2N3O3/c1-24(2)25(3,4)35-27(34-24)18-13-15(12-17-22(18)31-23(33)26(17)9-5-10-26)20-8-11-30-32(20)21-7-6-16(28)14-19(21)29/h6-8,11-14H,5,9-10H2,1-4H3,(H,31,33). The van der Waals surface area contributed by atoms with Gasteiger partial charge in [0.05, 0.1) is 28.5 Å². The number of hydrogen-bond donors (Lipinski definition) is 1. The molecule has 1 N–H and O–H groups in total. The van der Waals surface area contributed by atoms with Crippen molar-refractivity contribution in [2.24, 2.45) is 0 Å². The molecule has 3 heterocycles. The van der Waals surface area contributed by atoms with Crippen LogP contribution in [0.5, 0.6) is 0 Å². The number of fused-ring (bicyclic) bond motifs is 2. The summed E-state index contributed by atoms with van der Waals surface area (Å²) < 4.78 is 42.4. The lowest BCUT2D eigenvalue weighted by molar-refractivity contribution is -0.123. The zero-order chi connectivity index (χ0) is 24.8. The van der Waals surface area contributed by atoms with Crippen molar-refractivity contribution in [1.82, 2.24) is 9.78 Å². The number of carbonyl (C=O) groups is 1. The zero-order valence-electron chi connectivity index (χ0n) is 20.1. The lowest BCUT2D eigenvalue weighted by Gasteiger charge is -2.36. The van der Waals surface area contributed by atoms with E-state index in [0.29, 0.717) is 5.69 Å². The van der Waals surface area contributed by atoms with Crippen molar-refractivity contribution in [1.29, 1.82) is 0 Å². The summed E-state index contributed by atoms with van der Waals surface area (Å²) in [7, 11) is -0.692. The van der Waals surface area contributed by atoms with E-state index < -0.39 is 35.4 Å². The van der Waals surface area contributed by atoms with E-state index in [1.807, 2.05) is 39.8 Å². The summed E-state index contributed by atoms with van der Waals surface area (Å²) in [5, 5.41) is 7.42. The summed E-state index contributed by atoms with van der Waals surface area (Å²) >= 11 is 0. The molecular formula is C26H26BF2N3O3. The third kappa shape index (κ3) is 3.14. The molecule has 1 aromatic heterocycles. The minimum absolute atomic E-state index is 0.00764. The summed E-state index contributed by atoms with van der Waals surface area (Å²) in [5.74, 6) is -1.38. The van der Waals surface area contributed by atoms with Crippen LogP contribution in [0.15, 0.2) is 42.6 Å². The fourth-order valence-corrected chi connectivity index (χ4v) is 5.23. The number of aromatic nitrogens is 2. The van der Waals surface area contributed by atoms with E-state index in [2.05, 4.69) is 10.4 Å². The number of rotatable bonds is 3. The Bertz CT molecular complexity index is 1360. The molecule has 6 nitrogen and oxygen atoms in total. The second-order valence-corrected chi connectivity index (χ2v) is 10.7. The minimum Gasteiger partial charge on any atom is -0.399 e. The van der Waals surface area contributed by atoms with Gasteiger partial charge in [0.15, 0.2) is 5.82 Å². The number of anilines is 1. The first-order valence-corrected chi connectivity index (χ1v) is 11.9. The molecule has 1 saturated heterocycles. The van der Waals surface area contributed by atoms with Crippen molar-refractivity contribution in [3.63, 3.8) is 0 Å². The second kappa shape index (κ2) is 7.24. The lowest BCUT2D eigenvalue weighted by atomic mass is 9.63. The lowest BCUT2D eigenvalue weighted by Crippen LogP contribution is -2.41. The van der Waals surface area contributed by atoms with Gasteiger partial charge in [-0.15, -0.1) is 0 Å². The van der Waals surface area contributed by atoms with Crippen LogP contribution in [0.4, 0.5) is 14.5 Å². The molecule has 1 aliphatic carbocycles. The Kier molecular flexibility index (Phi) is 4.64. The van der Waals surface area contributed by atoms with Gasteiger partial charge >= 0.3 is 7.12 Å². The first-order valence-electron chi connectivity index (χ1n) is 11.9. The summed E-state index contributed by atoms with van der Waals surface area (Å²) in [4.78, 5) is 13.1. The maximum atomic E-state index is 14.7. The number of hydrogen-bond acceptors (Lipinski definition) is 4. The quantitative estimate of drug-likeness (QED) is 0.565. The highest BCUT2D eigenvalue weighted by Crippen LogP contribution is 2.52. The molecule has 0 bridgehead atoms. The minimum atomic E-state index is -0.713. The Morgan fingerprint density at radius 1 is 1.03 bits per heavy atom. The number of amides is 1. The van der Waals surface area contributed by atoms with Crippen LogP contribution >= 0.6 is 0 Å². The van der Waals surface area contributed by atoms with Gasteiger partial charge in [-0.3, -0.25) is 4.79 Å². The number of nitrogens with zero attached hydrogens (tertiary/aromatic N) is 2. The van der Waals surface area contributed by atoms with Crippen LogP contribution in [0.1, 0.15) is 52.5 Å². The summed E-state index contributed by atoms with van der Waals surface area (Å²) in [6.07, 6.45) is 4.08. The molecule has 0 unspecified atom stereocenters. The van der Waals surface area contributed by atoms with Crippen LogP contribution in [0.3, 0.4) is 0 Å². The van der Waals surface area contributed by atoms with E-state index in [4.69, 9.17) is 9.31 Å². The Hall–Kier alpha value is -3.04. The number of nitrogens with one attached hydrogen (secondary N) is 1. The predicted octanol–water partition coefficient (Wildman–Crippen LogP) is 4.49. The Morgan fingerprint density at radius 3 is 2.37 bits per heavy atom. The van der Waals surface area contributed by atoms with Gasteiger partial charge in [-0.25, -0.2) is 13.5 Å². The molecule has 0 atom stereocenters. The number of halogens is 2. The molecule has 9 heteroatoms. The summed E-state index contributed by atoms with van der Waals surface area (Å²) in [6.45, 7) is 7.93. The fraction of sp³-hybridized carbons (Fsp3) is 0.385. The average molecular weight is 477 g/mol. The van der Waals surface area contributed by atoms with Gasteiger partial charge in [0.25, 0.3) is 0 Å². The Morgan fingerprint density at radius 2 is 1.74 bits per heavy atom. The van der Waals surface area contributed by atoms with Crippen LogP contribution in [0.2, 0.25) is 0 Å². The van der Waals surface area contributed by atoms with Crippen molar-refractivity contribution in [2.75, 3.05) is 5.32 Å². The van der Waals surface area contributed by atoms with Gasteiger partial charge in [0, 0.05) is 22.8 Å². The topological polar surface area (TPSA) is 65.4 Å².